The Balaban J connectivity index is 1.96. The number of hydrogen-bond acceptors (Lipinski definition) is 2. The van der Waals surface area contributed by atoms with E-state index >= 15 is 0 Å². The zero-order chi connectivity index (χ0) is 14.5. The van der Waals surface area contributed by atoms with Crippen molar-refractivity contribution in [3.8, 4) is 0 Å². The summed E-state index contributed by atoms with van der Waals surface area (Å²) in [6, 6.07) is 4.41. The first kappa shape index (κ1) is 15.0. The predicted octanol–water partition coefficient (Wildman–Crippen LogP) is 2.60. The molecule has 20 heavy (non-hydrogen) atoms. The molecule has 2 rings (SSSR count). The van der Waals surface area contributed by atoms with Crippen LogP contribution < -0.4 is 5.32 Å². The molecule has 1 saturated heterocycles. The third-order valence-corrected chi connectivity index (χ3v) is 4.01. The zero-order valence-corrected chi connectivity index (χ0v) is 12.3. The molecule has 0 aliphatic carbocycles. The standard InChI is InChI=1S/C16H23FN2O/c1-3-18-11-13-6-8-19(9-7-13)16(20)15-10-14(17)5-4-12(15)2/h4-5,10,13,18H,3,6-9,11H2,1-2H3. The highest BCUT2D eigenvalue weighted by Crippen LogP contribution is 2.20. The number of hydrogen-bond donors (Lipinski definition) is 1. The summed E-state index contributed by atoms with van der Waals surface area (Å²) in [6.45, 7) is 7.50. The summed E-state index contributed by atoms with van der Waals surface area (Å²) in [6.07, 6.45) is 2.04. The Morgan fingerprint density at radius 3 is 2.75 bits per heavy atom. The lowest BCUT2D eigenvalue weighted by Gasteiger charge is -2.32. The first-order valence-corrected chi connectivity index (χ1v) is 7.38. The number of benzene rings is 1. The van der Waals surface area contributed by atoms with Crippen LogP contribution in [0, 0.1) is 18.7 Å². The van der Waals surface area contributed by atoms with Gasteiger partial charge in [-0.15, -0.1) is 0 Å². The van der Waals surface area contributed by atoms with E-state index in [9.17, 15) is 9.18 Å². The van der Waals surface area contributed by atoms with Crippen molar-refractivity contribution in [2.24, 2.45) is 5.92 Å². The molecule has 1 fully saturated rings. The Morgan fingerprint density at radius 1 is 1.40 bits per heavy atom. The number of rotatable bonds is 4. The number of halogens is 1. The monoisotopic (exact) mass is 278 g/mol. The van der Waals surface area contributed by atoms with Crippen LogP contribution in [-0.4, -0.2) is 37.0 Å². The molecule has 110 valence electrons. The number of nitrogens with zero attached hydrogens (tertiary/aromatic N) is 1. The van der Waals surface area contributed by atoms with Crippen molar-refractivity contribution < 1.29 is 9.18 Å². The van der Waals surface area contributed by atoms with Gasteiger partial charge in [-0.3, -0.25) is 4.79 Å². The third-order valence-electron chi connectivity index (χ3n) is 4.01. The number of carbonyl (C=O) groups excluding carboxylic acids is 1. The average molecular weight is 278 g/mol. The number of aryl methyl sites for hydroxylation is 1. The largest absolute Gasteiger partial charge is 0.339 e. The number of amides is 1. The minimum Gasteiger partial charge on any atom is -0.339 e. The third kappa shape index (κ3) is 3.57. The van der Waals surface area contributed by atoms with Gasteiger partial charge in [0.15, 0.2) is 0 Å². The first-order valence-electron chi connectivity index (χ1n) is 7.38. The maximum Gasteiger partial charge on any atom is 0.254 e. The maximum atomic E-state index is 13.3. The van der Waals surface area contributed by atoms with E-state index in [-0.39, 0.29) is 11.7 Å². The molecule has 1 amide bonds. The van der Waals surface area contributed by atoms with E-state index in [4.69, 9.17) is 0 Å². The van der Waals surface area contributed by atoms with Crippen molar-refractivity contribution in [1.82, 2.24) is 10.2 Å². The van der Waals surface area contributed by atoms with Gasteiger partial charge in [-0.25, -0.2) is 4.39 Å². The van der Waals surface area contributed by atoms with Gasteiger partial charge in [0, 0.05) is 18.7 Å². The van der Waals surface area contributed by atoms with Gasteiger partial charge < -0.3 is 10.2 Å². The zero-order valence-electron chi connectivity index (χ0n) is 12.3. The summed E-state index contributed by atoms with van der Waals surface area (Å²) in [4.78, 5) is 14.3. The molecule has 1 N–H and O–H groups in total. The van der Waals surface area contributed by atoms with E-state index in [0.717, 1.165) is 44.6 Å². The van der Waals surface area contributed by atoms with Crippen LogP contribution in [0.1, 0.15) is 35.7 Å². The molecule has 1 aromatic rings. The van der Waals surface area contributed by atoms with Gasteiger partial charge in [0.05, 0.1) is 0 Å². The molecule has 0 aromatic heterocycles. The Morgan fingerprint density at radius 2 is 2.10 bits per heavy atom. The highest BCUT2D eigenvalue weighted by Gasteiger charge is 2.24. The normalized spacial score (nSPS) is 16.4. The van der Waals surface area contributed by atoms with Crippen LogP contribution in [0.5, 0.6) is 0 Å². The second-order valence-electron chi connectivity index (χ2n) is 5.50. The molecule has 3 nitrogen and oxygen atoms in total. The Hall–Kier alpha value is -1.42. The SMILES string of the molecule is CCNCC1CCN(C(=O)c2cc(F)ccc2C)CC1. The highest BCUT2D eigenvalue weighted by atomic mass is 19.1. The van der Waals surface area contributed by atoms with E-state index < -0.39 is 0 Å². The maximum absolute atomic E-state index is 13.3. The Labute approximate surface area is 120 Å². The van der Waals surface area contributed by atoms with E-state index in [1.807, 2.05) is 11.8 Å². The molecule has 1 heterocycles. The molecule has 0 atom stereocenters. The number of carbonyl (C=O) groups is 1. The number of nitrogens with one attached hydrogen (secondary N) is 1. The van der Waals surface area contributed by atoms with Crippen molar-refractivity contribution in [3.05, 3.63) is 35.1 Å². The van der Waals surface area contributed by atoms with Crippen LogP contribution in [0.2, 0.25) is 0 Å². The topological polar surface area (TPSA) is 32.3 Å². The van der Waals surface area contributed by atoms with Crippen molar-refractivity contribution >= 4 is 5.91 Å². The fourth-order valence-electron chi connectivity index (χ4n) is 2.68. The minimum atomic E-state index is -0.346. The molecule has 0 radical (unpaired) electrons. The van der Waals surface area contributed by atoms with Crippen molar-refractivity contribution in [1.29, 1.82) is 0 Å². The second kappa shape index (κ2) is 6.84. The fourth-order valence-corrected chi connectivity index (χ4v) is 2.68. The lowest BCUT2D eigenvalue weighted by Crippen LogP contribution is -2.41. The summed E-state index contributed by atoms with van der Waals surface area (Å²) in [7, 11) is 0. The van der Waals surface area contributed by atoms with Crippen molar-refractivity contribution in [2.45, 2.75) is 26.7 Å². The molecule has 1 aromatic carbocycles. The molecule has 0 unspecified atom stereocenters. The Kier molecular flexibility index (Phi) is 5.12. The van der Waals surface area contributed by atoms with Gasteiger partial charge in [-0.05, 0) is 56.5 Å². The summed E-state index contributed by atoms with van der Waals surface area (Å²) in [5, 5.41) is 3.36. The summed E-state index contributed by atoms with van der Waals surface area (Å²) in [5.41, 5.74) is 1.33. The van der Waals surface area contributed by atoms with Crippen LogP contribution in [0.25, 0.3) is 0 Å². The highest BCUT2D eigenvalue weighted by molar-refractivity contribution is 5.95. The van der Waals surface area contributed by atoms with Gasteiger partial charge in [-0.2, -0.15) is 0 Å². The molecule has 0 bridgehead atoms. The van der Waals surface area contributed by atoms with Crippen LogP contribution in [-0.2, 0) is 0 Å². The van der Waals surface area contributed by atoms with Crippen LogP contribution >= 0.6 is 0 Å². The van der Waals surface area contributed by atoms with Crippen molar-refractivity contribution in [2.75, 3.05) is 26.2 Å². The van der Waals surface area contributed by atoms with E-state index in [1.54, 1.807) is 6.07 Å². The smallest absolute Gasteiger partial charge is 0.254 e. The van der Waals surface area contributed by atoms with Gasteiger partial charge in [-0.1, -0.05) is 13.0 Å². The minimum absolute atomic E-state index is 0.0381. The number of piperidine rings is 1. The van der Waals surface area contributed by atoms with Gasteiger partial charge in [0.25, 0.3) is 5.91 Å². The van der Waals surface area contributed by atoms with Crippen molar-refractivity contribution in [3.63, 3.8) is 0 Å². The van der Waals surface area contributed by atoms with E-state index in [1.165, 1.54) is 12.1 Å². The van der Waals surface area contributed by atoms with E-state index in [2.05, 4.69) is 12.2 Å². The molecular formula is C16H23FN2O. The molecule has 1 aliphatic heterocycles. The second-order valence-corrected chi connectivity index (χ2v) is 5.50. The summed E-state index contributed by atoms with van der Waals surface area (Å²) >= 11 is 0. The summed E-state index contributed by atoms with van der Waals surface area (Å²) < 4.78 is 13.3. The number of likely N-dealkylation sites (tertiary alicyclic amines) is 1. The first-order chi connectivity index (χ1) is 9.61. The Bertz CT molecular complexity index is 468. The molecule has 4 heteroatoms. The van der Waals surface area contributed by atoms with Crippen LogP contribution in [0.4, 0.5) is 4.39 Å². The van der Waals surface area contributed by atoms with Gasteiger partial charge in [0.2, 0.25) is 0 Å². The lowest BCUT2D eigenvalue weighted by atomic mass is 9.96. The quantitative estimate of drug-likeness (QED) is 0.918. The fraction of sp³-hybridized carbons (Fsp3) is 0.562. The molecule has 0 saturated carbocycles. The average Bonchev–Trinajstić information content (AvgIpc) is 2.47. The van der Waals surface area contributed by atoms with Gasteiger partial charge >= 0.3 is 0 Å². The molecular weight excluding hydrogens is 255 g/mol. The van der Waals surface area contributed by atoms with Gasteiger partial charge in [0.1, 0.15) is 5.82 Å². The van der Waals surface area contributed by atoms with Crippen LogP contribution in [0.15, 0.2) is 18.2 Å². The lowest BCUT2D eigenvalue weighted by molar-refractivity contribution is 0.0689. The van der Waals surface area contributed by atoms with E-state index in [0.29, 0.717) is 11.5 Å². The predicted molar refractivity (Wildman–Crippen MR) is 78.3 cm³/mol. The van der Waals surface area contributed by atoms with Crippen LogP contribution in [0.3, 0.4) is 0 Å². The molecule has 0 spiro atoms. The molecule has 1 aliphatic rings. The summed E-state index contributed by atoms with van der Waals surface area (Å²) in [5.74, 6) is 0.262.